The Morgan fingerprint density at radius 1 is 0.375 bits per heavy atom. The van der Waals surface area contributed by atoms with Crippen LogP contribution in [0.1, 0.15) is 318 Å². The zero-order valence-corrected chi connectivity index (χ0v) is 58.5. The van der Waals surface area contributed by atoms with E-state index in [1.54, 1.807) is 0 Å². The van der Waals surface area contributed by atoms with Gasteiger partial charge in [0, 0.05) is 25.7 Å². The number of unbranched alkanes of at least 4 members (excludes halogenated alkanes) is 28. The number of aliphatic hydroxyl groups excluding tert-OH is 1. The highest BCUT2D eigenvalue weighted by atomic mass is 31.2. The summed E-state index contributed by atoms with van der Waals surface area (Å²) < 4.78 is 68.2. The molecule has 3 N–H and O–H groups in total. The number of esters is 4. The normalized spacial score (nSPS) is 15.0. The van der Waals surface area contributed by atoms with Gasteiger partial charge < -0.3 is 33.8 Å². The first-order chi connectivity index (χ1) is 42.3. The van der Waals surface area contributed by atoms with Crippen LogP contribution in [0.15, 0.2) is 24.3 Å². The summed E-state index contributed by atoms with van der Waals surface area (Å²) >= 11 is 0. The predicted octanol–water partition coefficient (Wildman–Crippen LogP) is 19.0. The molecule has 0 heterocycles. The number of rotatable bonds is 65. The topological polar surface area (TPSA) is 237 Å². The number of carbonyl (C=O) groups excluding carboxylic acids is 4. The summed E-state index contributed by atoms with van der Waals surface area (Å²) in [6.07, 6.45) is 45.3. The summed E-state index contributed by atoms with van der Waals surface area (Å²) in [5, 5.41) is 10.6. The highest BCUT2D eigenvalue weighted by Crippen LogP contribution is 2.45. The summed E-state index contributed by atoms with van der Waals surface area (Å²) in [6.45, 7) is 11.7. The van der Waals surface area contributed by atoms with Gasteiger partial charge in [0.15, 0.2) is 12.2 Å². The molecule has 0 radical (unpaired) electrons. The van der Waals surface area contributed by atoms with Crippen LogP contribution in [-0.4, -0.2) is 96.7 Å². The Hall–Kier alpha value is -2.46. The minimum absolute atomic E-state index is 0.0835. The fourth-order valence-electron chi connectivity index (χ4n) is 9.76. The number of hydrogen-bond acceptors (Lipinski definition) is 15. The molecule has 0 spiro atoms. The van der Waals surface area contributed by atoms with Crippen LogP contribution in [0.2, 0.25) is 0 Å². The zero-order chi connectivity index (χ0) is 65.2. The molecule has 0 fully saturated rings. The molecule has 518 valence electrons. The van der Waals surface area contributed by atoms with Gasteiger partial charge in [-0.25, -0.2) is 9.13 Å². The molecule has 0 bridgehead atoms. The molecule has 0 saturated heterocycles. The maximum Gasteiger partial charge on any atom is 0.472 e. The number of phosphoric acid groups is 2. The van der Waals surface area contributed by atoms with Gasteiger partial charge in [-0.1, -0.05) is 265 Å². The lowest BCUT2D eigenvalue weighted by Gasteiger charge is -2.21. The molecule has 0 amide bonds. The van der Waals surface area contributed by atoms with Gasteiger partial charge >= 0.3 is 39.5 Å². The molecule has 0 aliphatic carbocycles. The Bertz CT molecular complexity index is 1830. The first-order valence-electron chi connectivity index (χ1n) is 35.2. The maximum atomic E-state index is 13.0. The van der Waals surface area contributed by atoms with Crippen molar-refractivity contribution in [1.29, 1.82) is 0 Å². The van der Waals surface area contributed by atoms with Gasteiger partial charge in [-0.15, -0.1) is 0 Å². The van der Waals surface area contributed by atoms with Gasteiger partial charge in [-0.2, -0.15) is 0 Å². The quantitative estimate of drug-likeness (QED) is 0.0169. The second-order valence-corrected chi connectivity index (χ2v) is 28.1. The van der Waals surface area contributed by atoms with Gasteiger partial charge in [0.2, 0.25) is 0 Å². The smallest absolute Gasteiger partial charge is 0.462 e. The van der Waals surface area contributed by atoms with Crippen molar-refractivity contribution < 1.29 is 80.2 Å². The number of aliphatic hydroxyl groups is 1. The van der Waals surface area contributed by atoms with Crippen molar-refractivity contribution in [2.24, 2.45) is 17.8 Å². The largest absolute Gasteiger partial charge is 0.472 e. The second kappa shape index (κ2) is 59.5. The number of allylic oxidation sites excluding steroid dienone is 4. The molecule has 88 heavy (non-hydrogen) atoms. The van der Waals surface area contributed by atoms with E-state index in [2.05, 4.69) is 72.8 Å². The zero-order valence-electron chi connectivity index (χ0n) is 56.7. The molecule has 19 heteroatoms. The van der Waals surface area contributed by atoms with Crippen LogP contribution in [0.5, 0.6) is 0 Å². The Morgan fingerprint density at radius 2 is 0.670 bits per heavy atom. The monoisotopic (exact) mass is 1290 g/mol. The maximum absolute atomic E-state index is 13.0. The summed E-state index contributed by atoms with van der Waals surface area (Å²) in [5.41, 5.74) is 0. The molecule has 0 rings (SSSR count). The van der Waals surface area contributed by atoms with Crippen molar-refractivity contribution >= 4 is 39.5 Å². The lowest BCUT2D eigenvalue weighted by molar-refractivity contribution is -0.161. The molecule has 0 aliphatic rings. The third-order valence-electron chi connectivity index (χ3n) is 16.0. The lowest BCUT2D eigenvalue weighted by Crippen LogP contribution is -2.30. The van der Waals surface area contributed by atoms with Crippen molar-refractivity contribution in [2.75, 3.05) is 39.6 Å². The average Bonchev–Trinajstić information content (AvgIpc) is 3.52. The standard InChI is InChI=1S/C69H130O17P2/c1-8-11-12-13-14-15-16-17-18-19-20-21-29-38-45-52-68(73)85-65(57-80-67(72)51-44-37-32-31-35-42-49-62(7)10-3)59-84-88(77,78)82-55-63(70)54-81-87(75,76)83-58-64(56-79-66(71)50-43-36-28-24-22-26-33-40-47-60(4)5)86-69(74)53-46-39-30-25-23-27-34-41-48-61(6)9-2/h15-18,60-65,70H,8-14,19-59H2,1-7H3,(H,75,76)(H,77,78)/b16-15-,18-17-/t61?,62?,63-,64-,65-/m1/s1. The van der Waals surface area contributed by atoms with E-state index in [1.165, 1.54) is 109 Å². The first kappa shape index (κ1) is 85.5. The lowest BCUT2D eigenvalue weighted by atomic mass is 9.99. The van der Waals surface area contributed by atoms with E-state index in [4.69, 9.17) is 37.0 Å². The Balaban J connectivity index is 5.30. The van der Waals surface area contributed by atoms with Crippen LogP contribution in [0.25, 0.3) is 0 Å². The van der Waals surface area contributed by atoms with Crippen molar-refractivity contribution in [3.05, 3.63) is 24.3 Å². The number of phosphoric ester groups is 2. The molecule has 7 atom stereocenters. The van der Waals surface area contributed by atoms with Crippen molar-refractivity contribution in [3.8, 4) is 0 Å². The van der Waals surface area contributed by atoms with E-state index in [9.17, 15) is 43.2 Å². The van der Waals surface area contributed by atoms with Gasteiger partial charge in [0.1, 0.15) is 19.3 Å². The Morgan fingerprint density at radius 3 is 1.01 bits per heavy atom. The summed E-state index contributed by atoms with van der Waals surface area (Å²) in [6, 6.07) is 0. The van der Waals surface area contributed by atoms with E-state index in [1.807, 2.05) is 0 Å². The first-order valence-corrected chi connectivity index (χ1v) is 38.2. The fraction of sp³-hybridized carbons (Fsp3) is 0.884. The number of carbonyl (C=O) groups is 4. The summed E-state index contributed by atoms with van der Waals surface area (Å²) in [4.78, 5) is 72.4. The van der Waals surface area contributed by atoms with Gasteiger partial charge in [-0.05, 0) is 69.1 Å². The second-order valence-electron chi connectivity index (χ2n) is 25.2. The molecular formula is C69H130O17P2. The van der Waals surface area contributed by atoms with Crippen LogP contribution >= 0.6 is 15.6 Å². The summed E-state index contributed by atoms with van der Waals surface area (Å²) in [5.74, 6) is 0.0580. The molecule has 0 aliphatic heterocycles. The van der Waals surface area contributed by atoms with Crippen LogP contribution in [0.4, 0.5) is 0 Å². The minimum atomic E-state index is -4.96. The molecule has 17 nitrogen and oxygen atoms in total. The molecule has 0 aromatic heterocycles. The van der Waals surface area contributed by atoms with Crippen LogP contribution in [0.3, 0.4) is 0 Å². The number of hydrogen-bond donors (Lipinski definition) is 3. The van der Waals surface area contributed by atoms with Crippen molar-refractivity contribution in [2.45, 2.75) is 336 Å². The van der Waals surface area contributed by atoms with Gasteiger partial charge in [-0.3, -0.25) is 37.3 Å². The fourth-order valence-corrected chi connectivity index (χ4v) is 11.3. The van der Waals surface area contributed by atoms with E-state index in [0.717, 1.165) is 127 Å². The molecule has 0 saturated carbocycles. The van der Waals surface area contributed by atoms with E-state index < -0.39 is 97.5 Å². The molecule has 0 aromatic carbocycles. The average molecular weight is 1290 g/mol. The SMILES string of the molecule is CCCCCC/C=C\C=C/CCCCCCCC(=O)O[C@H](COC(=O)CCCCCCCCC(C)CC)COP(=O)(O)OC[C@H](O)COP(=O)(O)OC[C@@H](COC(=O)CCCCCCCCCCC(C)C)OC(=O)CCCCCCCCCCC(C)CC. The summed E-state index contributed by atoms with van der Waals surface area (Å²) in [7, 11) is -9.91. The molecular weight excluding hydrogens is 1160 g/mol. The van der Waals surface area contributed by atoms with Crippen LogP contribution < -0.4 is 0 Å². The van der Waals surface area contributed by atoms with E-state index >= 15 is 0 Å². The third-order valence-corrected chi connectivity index (χ3v) is 17.9. The Kier molecular flexibility index (Phi) is 57.9. The van der Waals surface area contributed by atoms with E-state index in [-0.39, 0.29) is 25.7 Å². The predicted molar refractivity (Wildman–Crippen MR) is 354 cm³/mol. The van der Waals surface area contributed by atoms with Crippen molar-refractivity contribution in [1.82, 2.24) is 0 Å². The van der Waals surface area contributed by atoms with Crippen LogP contribution in [0, 0.1) is 17.8 Å². The van der Waals surface area contributed by atoms with Gasteiger partial charge in [0.05, 0.1) is 26.4 Å². The Labute approximate surface area is 535 Å². The number of ether oxygens (including phenoxy) is 4. The molecule has 4 unspecified atom stereocenters. The molecule has 0 aromatic rings. The van der Waals surface area contributed by atoms with Crippen LogP contribution in [-0.2, 0) is 65.4 Å². The van der Waals surface area contributed by atoms with Crippen molar-refractivity contribution in [3.63, 3.8) is 0 Å². The minimum Gasteiger partial charge on any atom is -0.462 e. The van der Waals surface area contributed by atoms with Gasteiger partial charge in [0.25, 0.3) is 0 Å². The highest BCUT2D eigenvalue weighted by molar-refractivity contribution is 7.47. The third kappa shape index (κ3) is 59.8. The highest BCUT2D eigenvalue weighted by Gasteiger charge is 2.30. The van der Waals surface area contributed by atoms with E-state index in [0.29, 0.717) is 25.7 Å².